The van der Waals surface area contributed by atoms with Crippen LogP contribution in [0.3, 0.4) is 0 Å². The molecule has 0 spiro atoms. The number of nitrogens with zero attached hydrogens (tertiary/aromatic N) is 2. The molecule has 0 saturated heterocycles. The van der Waals surface area contributed by atoms with Crippen molar-refractivity contribution >= 4 is 33.8 Å². The number of fused-ring (bicyclic) bond motifs is 3. The molecule has 1 heterocycles. The van der Waals surface area contributed by atoms with Crippen LogP contribution in [-0.4, -0.2) is 62.9 Å². The second kappa shape index (κ2) is 14.7. The maximum absolute atomic E-state index is 12.1. The molecular weight excluding hydrogens is 512 g/mol. The van der Waals surface area contributed by atoms with Crippen LogP contribution in [0.2, 0.25) is 0 Å². The van der Waals surface area contributed by atoms with Gasteiger partial charge in [-0.05, 0) is 48.9 Å². The van der Waals surface area contributed by atoms with Gasteiger partial charge >= 0.3 is 0 Å². The Labute approximate surface area is 243 Å². The smallest absolute Gasteiger partial charge is 0.227 e. The molecule has 4 rings (SSSR count). The van der Waals surface area contributed by atoms with Crippen molar-refractivity contribution in [3.8, 4) is 0 Å². The number of allylic oxidation sites excluding steroid dienone is 5. The van der Waals surface area contributed by atoms with Crippen molar-refractivity contribution < 1.29 is 23.6 Å². The van der Waals surface area contributed by atoms with Crippen LogP contribution in [0.5, 0.6) is 0 Å². The minimum atomic E-state index is -0.196. The summed E-state index contributed by atoms with van der Waals surface area (Å²) in [4.78, 5) is 13.8. The van der Waals surface area contributed by atoms with Crippen molar-refractivity contribution in [3.63, 3.8) is 0 Å². The number of rotatable bonds is 14. The average Bonchev–Trinajstić information content (AvgIpc) is 3.19. The zero-order valence-electron chi connectivity index (χ0n) is 24.6. The fraction of sp³-hybridized carbons (Fsp3) is 0.314. The van der Waals surface area contributed by atoms with Gasteiger partial charge in [0.1, 0.15) is 6.61 Å². The van der Waals surface area contributed by atoms with E-state index in [1.807, 2.05) is 48.6 Å². The van der Waals surface area contributed by atoms with E-state index in [2.05, 4.69) is 67.0 Å². The van der Waals surface area contributed by atoms with Gasteiger partial charge in [0.05, 0.1) is 31.8 Å². The molecule has 0 bridgehead atoms. The molecule has 0 atom stereocenters. The minimum absolute atomic E-state index is 0.0379. The van der Waals surface area contributed by atoms with Crippen molar-refractivity contribution in [2.45, 2.75) is 26.2 Å². The Bertz CT molecular complexity index is 1440. The molecule has 214 valence electrons. The number of ether oxygens (including phenoxy) is 3. The van der Waals surface area contributed by atoms with Crippen molar-refractivity contribution in [3.05, 3.63) is 109 Å². The van der Waals surface area contributed by atoms with E-state index in [-0.39, 0.29) is 11.3 Å². The third kappa shape index (κ3) is 7.47. The number of hydrogen-bond acceptors (Lipinski definition) is 4. The van der Waals surface area contributed by atoms with Crippen molar-refractivity contribution in [2.75, 3.05) is 51.6 Å². The maximum atomic E-state index is 12.1. The highest BCUT2D eigenvalue weighted by molar-refractivity contribution is 6.07. The molecule has 6 nitrogen and oxygen atoms in total. The number of anilines is 1. The van der Waals surface area contributed by atoms with E-state index < -0.39 is 0 Å². The second-order valence-electron chi connectivity index (χ2n) is 10.4. The predicted molar refractivity (Wildman–Crippen MR) is 167 cm³/mol. The van der Waals surface area contributed by atoms with Crippen molar-refractivity contribution in [1.29, 1.82) is 0 Å². The fourth-order valence-electron chi connectivity index (χ4n) is 5.27. The molecule has 0 unspecified atom stereocenters. The summed E-state index contributed by atoms with van der Waals surface area (Å²) in [5.74, 6) is -0.0379. The molecule has 0 radical (unpaired) electrons. The molecule has 3 aromatic carbocycles. The SMILES string of the molecule is COCCOCCOCC[N+]1=C(/C=C/C=C/C=C/N(C(C)=O)c2ccccc2)C(C)(C)c2c1ccc1ccccc21. The third-order valence-corrected chi connectivity index (χ3v) is 7.21. The lowest BCUT2D eigenvalue weighted by atomic mass is 9.79. The number of para-hydroxylation sites is 1. The molecule has 0 aromatic heterocycles. The molecule has 1 amide bonds. The minimum Gasteiger partial charge on any atom is -0.382 e. The zero-order chi connectivity index (χ0) is 29.1. The first-order chi connectivity index (χ1) is 19.9. The Morgan fingerprint density at radius 3 is 2.27 bits per heavy atom. The summed E-state index contributed by atoms with van der Waals surface area (Å²) in [5, 5.41) is 2.52. The largest absolute Gasteiger partial charge is 0.382 e. The molecular formula is C35H41N2O4+. The van der Waals surface area contributed by atoms with Gasteiger partial charge < -0.3 is 14.2 Å². The molecule has 1 aliphatic heterocycles. The number of methoxy groups -OCH3 is 1. The number of benzene rings is 3. The summed E-state index contributed by atoms with van der Waals surface area (Å²) in [6, 6.07) is 22.6. The Morgan fingerprint density at radius 1 is 0.829 bits per heavy atom. The summed E-state index contributed by atoms with van der Waals surface area (Å²) in [7, 11) is 1.67. The molecule has 0 saturated carbocycles. The van der Waals surface area contributed by atoms with Crippen LogP contribution in [0.1, 0.15) is 26.3 Å². The van der Waals surface area contributed by atoms with Crippen LogP contribution >= 0.6 is 0 Å². The highest BCUT2D eigenvalue weighted by Crippen LogP contribution is 2.44. The van der Waals surface area contributed by atoms with Gasteiger partial charge in [-0.15, -0.1) is 0 Å². The molecule has 1 aliphatic rings. The van der Waals surface area contributed by atoms with Crippen LogP contribution in [0.4, 0.5) is 11.4 Å². The van der Waals surface area contributed by atoms with Crippen molar-refractivity contribution in [2.24, 2.45) is 0 Å². The Balaban J connectivity index is 1.52. The maximum Gasteiger partial charge on any atom is 0.227 e. The number of amides is 1. The van der Waals surface area contributed by atoms with E-state index in [1.165, 1.54) is 27.7 Å². The van der Waals surface area contributed by atoms with E-state index in [9.17, 15) is 4.79 Å². The van der Waals surface area contributed by atoms with Gasteiger partial charge in [0, 0.05) is 43.6 Å². The number of hydrogen-bond donors (Lipinski definition) is 0. The molecule has 0 N–H and O–H groups in total. The highest BCUT2D eigenvalue weighted by Gasteiger charge is 2.45. The van der Waals surface area contributed by atoms with Crippen molar-refractivity contribution in [1.82, 2.24) is 0 Å². The second-order valence-corrected chi connectivity index (χ2v) is 10.4. The van der Waals surface area contributed by atoms with Crippen LogP contribution < -0.4 is 4.90 Å². The topological polar surface area (TPSA) is 51.0 Å². The molecule has 0 aliphatic carbocycles. The predicted octanol–water partition coefficient (Wildman–Crippen LogP) is 6.57. The standard InChI is InChI=1S/C35H41N2O4/c1-28(38)36(30-15-8-7-9-16-30)21-13-6-5-10-18-33-35(2,3)34-31-17-12-11-14-29(31)19-20-32(34)37(33)22-23-40-26-27-41-25-24-39-4/h5-21H,22-27H2,1-4H3/q+1. The highest BCUT2D eigenvalue weighted by atomic mass is 16.5. The first kappa shape index (κ1) is 30.1. The van der Waals surface area contributed by atoms with Gasteiger partial charge in [-0.25, -0.2) is 0 Å². The van der Waals surface area contributed by atoms with E-state index in [4.69, 9.17) is 14.2 Å². The first-order valence-electron chi connectivity index (χ1n) is 14.1. The van der Waals surface area contributed by atoms with Crippen LogP contribution in [0.25, 0.3) is 10.8 Å². The normalized spacial score (nSPS) is 14.6. The Kier molecular flexibility index (Phi) is 10.8. The summed E-state index contributed by atoms with van der Waals surface area (Å²) >= 11 is 0. The van der Waals surface area contributed by atoms with Crippen LogP contribution in [0.15, 0.2) is 103 Å². The van der Waals surface area contributed by atoms with Gasteiger partial charge in [0.15, 0.2) is 12.3 Å². The summed E-state index contributed by atoms with van der Waals surface area (Å²) in [6.45, 7) is 9.73. The van der Waals surface area contributed by atoms with Gasteiger partial charge in [-0.3, -0.25) is 9.69 Å². The van der Waals surface area contributed by atoms with E-state index >= 15 is 0 Å². The Hall–Kier alpha value is -3.84. The Morgan fingerprint density at radius 2 is 1.51 bits per heavy atom. The van der Waals surface area contributed by atoms with E-state index in [1.54, 1.807) is 25.1 Å². The van der Waals surface area contributed by atoms with Crippen LogP contribution in [0, 0.1) is 0 Å². The third-order valence-electron chi connectivity index (χ3n) is 7.21. The summed E-state index contributed by atoms with van der Waals surface area (Å²) in [5.41, 5.74) is 4.41. The first-order valence-corrected chi connectivity index (χ1v) is 14.1. The number of carbonyl (C=O) groups is 1. The summed E-state index contributed by atoms with van der Waals surface area (Å²) < 4.78 is 18.9. The van der Waals surface area contributed by atoms with Gasteiger partial charge in [0.25, 0.3) is 0 Å². The molecule has 6 heteroatoms. The average molecular weight is 554 g/mol. The summed E-state index contributed by atoms with van der Waals surface area (Å²) in [6.07, 6.45) is 11.9. The monoisotopic (exact) mass is 553 g/mol. The molecule has 0 fully saturated rings. The van der Waals surface area contributed by atoms with Gasteiger partial charge in [-0.2, -0.15) is 4.58 Å². The van der Waals surface area contributed by atoms with E-state index in [0.29, 0.717) is 33.0 Å². The van der Waals surface area contributed by atoms with Gasteiger partial charge in [-0.1, -0.05) is 60.7 Å². The quantitative estimate of drug-likeness (QED) is 0.129. The number of carbonyl (C=O) groups excluding carboxylic acids is 1. The zero-order valence-corrected chi connectivity index (χ0v) is 24.6. The van der Waals surface area contributed by atoms with Crippen LogP contribution in [-0.2, 0) is 24.4 Å². The molecule has 41 heavy (non-hydrogen) atoms. The lowest BCUT2D eigenvalue weighted by Crippen LogP contribution is -2.29. The lowest BCUT2D eigenvalue weighted by Gasteiger charge is -2.17. The van der Waals surface area contributed by atoms with Gasteiger partial charge in [0.2, 0.25) is 11.6 Å². The van der Waals surface area contributed by atoms with E-state index in [0.717, 1.165) is 12.2 Å². The fourth-order valence-corrected chi connectivity index (χ4v) is 5.27. The lowest BCUT2D eigenvalue weighted by molar-refractivity contribution is -0.442. The molecule has 3 aromatic rings.